The monoisotopic (exact) mass is 477 g/mol. The number of nitrogens with one attached hydrogen (secondary N) is 1. The zero-order valence-electron chi connectivity index (χ0n) is 17.4. The Bertz CT molecular complexity index is 1570. The topological polar surface area (TPSA) is 115 Å². The summed E-state index contributed by atoms with van der Waals surface area (Å²) in [4.78, 5) is 20.3. The third kappa shape index (κ3) is 4.18. The highest BCUT2D eigenvalue weighted by Gasteiger charge is 2.23. The highest BCUT2D eigenvalue weighted by atomic mass is 32.2. The number of rotatable bonds is 6. The smallest absolute Gasteiger partial charge is 0.287 e. The number of aromatic nitrogens is 2. The minimum atomic E-state index is -3.95. The summed E-state index contributed by atoms with van der Waals surface area (Å²) in [5.74, 6) is -0.735. The van der Waals surface area contributed by atoms with Crippen molar-refractivity contribution in [3.8, 4) is 11.5 Å². The van der Waals surface area contributed by atoms with Crippen molar-refractivity contribution in [1.29, 1.82) is 0 Å². The first-order chi connectivity index (χ1) is 16.4. The Kier molecular flexibility index (Phi) is 5.42. The average molecular weight is 477 g/mol. The Morgan fingerprint density at radius 3 is 2.65 bits per heavy atom. The standard InChI is InChI=1S/C24H16FN3O5S/c25-18-3-1-2-17(10-18)24-28-22(14-32-24)34(30,31)19-6-4-15(5-7-19)12-27-23(29)20-11-16-8-9-26-13-21(16)33-20/h1-11,13-14H,12H2,(H,27,29). The van der Waals surface area contributed by atoms with Gasteiger partial charge in [-0.05, 0) is 48.0 Å². The molecule has 0 aliphatic heterocycles. The largest absolute Gasteiger partial charge is 0.449 e. The lowest BCUT2D eigenvalue weighted by atomic mass is 10.2. The summed E-state index contributed by atoms with van der Waals surface area (Å²) in [6.45, 7) is 0.169. The number of nitrogens with zero attached hydrogens (tertiary/aromatic N) is 2. The molecule has 5 rings (SSSR count). The molecule has 0 spiro atoms. The fourth-order valence-corrected chi connectivity index (χ4v) is 4.42. The van der Waals surface area contributed by atoms with Gasteiger partial charge in [0.1, 0.15) is 12.1 Å². The van der Waals surface area contributed by atoms with E-state index in [-0.39, 0.29) is 28.1 Å². The lowest BCUT2D eigenvalue weighted by molar-refractivity contribution is 0.0925. The van der Waals surface area contributed by atoms with E-state index in [0.717, 1.165) is 11.6 Å². The first-order valence-corrected chi connectivity index (χ1v) is 11.6. The van der Waals surface area contributed by atoms with Crippen LogP contribution in [0.15, 0.2) is 98.1 Å². The summed E-state index contributed by atoms with van der Waals surface area (Å²) in [5, 5.41) is 3.21. The van der Waals surface area contributed by atoms with Crippen LogP contribution in [0.1, 0.15) is 16.1 Å². The molecule has 34 heavy (non-hydrogen) atoms. The van der Waals surface area contributed by atoms with Gasteiger partial charge in [0, 0.05) is 23.7 Å². The molecule has 0 atom stereocenters. The van der Waals surface area contributed by atoms with Crippen molar-refractivity contribution in [2.45, 2.75) is 16.5 Å². The van der Waals surface area contributed by atoms with E-state index in [1.807, 2.05) is 0 Å². The maximum absolute atomic E-state index is 13.4. The molecule has 0 fully saturated rings. The van der Waals surface area contributed by atoms with Gasteiger partial charge < -0.3 is 14.2 Å². The van der Waals surface area contributed by atoms with Gasteiger partial charge in [0.05, 0.1) is 11.1 Å². The molecule has 8 nitrogen and oxygen atoms in total. The quantitative estimate of drug-likeness (QED) is 0.386. The first kappa shape index (κ1) is 21.5. The summed E-state index contributed by atoms with van der Waals surface area (Å²) >= 11 is 0. The number of oxazole rings is 1. The second-order valence-corrected chi connectivity index (χ2v) is 9.25. The molecule has 0 aliphatic carbocycles. The average Bonchev–Trinajstić information content (AvgIpc) is 3.51. The highest BCUT2D eigenvalue weighted by molar-refractivity contribution is 7.91. The fourth-order valence-electron chi connectivity index (χ4n) is 3.31. The van der Waals surface area contributed by atoms with E-state index in [1.165, 1.54) is 36.5 Å². The Morgan fingerprint density at radius 1 is 1.06 bits per heavy atom. The van der Waals surface area contributed by atoms with Crippen LogP contribution < -0.4 is 5.32 Å². The number of fused-ring (bicyclic) bond motifs is 1. The SMILES string of the molecule is O=C(NCc1ccc(S(=O)(=O)c2coc(-c3cccc(F)c3)n2)cc1)c1cc2ccncc2o1. The Morgan fingerprint density at radius 2 is 1.88 bits per heavy atom. The van der Waals surface area contributed by atoms with Gasteiger partial charge in [0.2, 0.25) is 15.7 Å². The van der Waals surface area contributed by atoms with Crippen molar-refractivity contribution in [2.24, 2.45) is 0 Å². The van der Waals surface area contributed by atoms with E-state index in [4.69, 9.17) is 8.83 Å². The molecule has 10 heteroatoms. The van der Waals surface area contributed by atoms with Gasteiger partial charge in [0.25, 0.3) is 5.91 Å². The number of benzene rings is 2. The van der Waals surface area contributed by atoms with Gasteiger partial charge >= 0.3 is 0 Å². The number of carbonyl (C=O) groups excluding carboxylic acids is 1. The molecular weight excluding hydrogens is 461 g/mol. The van der Waals surface area contributed by atoms with Crippen molar-refractivity contribution < 1.29 is 26.4 Å². The van der Waals surface area contributed by atoms with Gasteiger partial charge in [-0.3, -0.25) is 9.78 Å². The predicted molar refractivity (Wildman–Crippen MR) is 119 cm³/mol. The van der Waals surface area contributed by atoms with Gasteiger partial charge in [-0.25, -0.2) is 12.8 Å². The maximum Gasteiger partial charge on any atom is 0.287 e. The summed E-state index contributed by atoms with van der Waals surface area (Å²) in [5.41, 5.74) is 1.52. The number of hydrogen-bond donors (Lipinski definition) is 1. The third-order valence-electron chi connectivity index (χ3n) is 5.06. The number of halogens is 1. The molecule has 0 bridgehead atoms. The van der Waals surface area contributed by atoms with Crippen LogP contribution in [0.2, 0.25) is 0 Å². The molecule has 0 unspecified atom stereocenters. The molecule has 3 heterocycles. The van der Waals surface area contributed by atoms with E-state index < -0.39 is 21.6 Å². The van der Waals surface area contributed by atoms with Crippen molar-refractivity contribution in [3.05, 3.63) is 96.5 Å². The minimum absolute atomic E-state index is 0.00113. The van der Waals surface area contributed by atoms with E-state index in [0.29, 0.717) is 16.7 Å². The van der Waals surface area contributed by atoms with Gasteiger partial charge in [-0.2, -0.15) is 4.98 Å². The predicted octanol–water partition coefficient (Wildman–Crippen LogP) is 4.38. The molecule has 0 saturated carbocycles. The van der Waals surface area contributed by atoms with E-state index in [9.17, 15) is 17.6 Å². The van der Waals surface area contributed by atoms with Crippen LogP contribution in [0, 0.1) is 5.82 Å². The molecule has 5 aromatic rings. The third-order valence-corrected chi connectivity index (χ3v) is 6.69. The number of carbonyl (C=O) groups is 1. The Labute approximate surface area is 193 Å². The van der Waals surface area contributed by atoms with Crippen LogP contribution in [0.5, 0.6) is 0 Å². The first-order valence-electron chi connectivity index (χ1n) is 10.1. The van der Waals surface area contributed by atoms with Crippen LogP contribution in [-0.2, 0) is 16.4 Å². The van der Waals surface area contributed by atoms with E-state index in [1.54, 1.807) is 36.5 Å². The van der Waals surface area contributed by atoms with Crippen molar-refractivity contribution >= 4 is 26.7 Å². The normalized spacial score (nSPS) is 11.6. The second kappa shape index (κ2) is 8.56. The van der Waals surface area contributed by atoms with Gasteiger partial charge in [0.15, 0.2) is 16.4 Å². The van der Waals surface area contributed by atoms with Crippen molar-refractivity contribution in [1.82, 2.24) is 15.3 Å². The summed E-state index contributed by atoms with van der Waals surface area (Å²) in [6, 6.07) is 14.9. The lowest BCUT2D eigenvalue weighted by Crippen LogP contribution is -2.22. The van der Waals surface area contributed by atoms with Crippen LogP contribution in [0.4, 0.5) is 4.39 Å². The summed E-state index contributed by atoms with van der Waals surface area (Å²) < 4.78 is 50.0. The number of hydrogen-bond acceptors (Lipinski definition) is 7. The van der Waals surface area contributed by atoms with Crippen LogP contribution in [0.25, 0.3) is 22.4 Å². The van der Waals surface area contributed by atoms with Crippen LogP contribution >= 0.6 is 0 Å². The molecule has 170 valence electrons. The molecule has 1 N–H and O–H groups in total. The van der Waals surface area contributed by atoms with Crippen molar-refractivity contribution in [2.75, 3.05) is 0 Å². The molecule has 2 aromatic carbocycles. The molecule has 0 saturated heterocycles. The number of amides is 1. The van der Waals surface area contributed by atoms with Crippen LogP contribution in [0.3, 0.4) is 0 Å². The van der Waals surface area contributed by atoms with E-state index >= 15 is 0 Å². The number of sulfone groups is 1. The summed E-state index contributed by atoms with van der Waals surface area (Å²) in [7, 11) is -3.95. The zero-order chi connectivity index (χ0) is 23.7. The number of pyridine rings is 1. The Balaban J connectivity index is 1.28. The summed E-state index contributed by atoms with van der Waals surface area (Å²) in [6.07, 6.45) is 4.16. The molecule has 1 amide bonds. The number of furan rings is 1. The lowest BCUT2D eigenvalue weighted by Gasteiger charge is -2.05. The van der Waals surface area contributed by atoms with Gasteiger partial charge in [-0.15, -0.1) is 0 Å². The van der Waals surface area contributed by atoms with Crippen molar-refractivity contribution in [3.63, 3.8) is 0 Å². The fraction of sp³-hybridized carbons (Fsp3) is 0.0417. The van der Waals surface area contributed by atoms with Crippen LogP contribution in [-0.4, -0.2) is 24.3 Å². The molecular formula is C24H16FN3O5S. The molecule has 3 aromatic heterocycles. The Hall–Kier alpha value is -4.31. The molecule has 0 radical (unpaired) electrons. The molecule has 0 aliphatic rings. The minimum Gasteiger partial charge on any atom is -0.449 e. The highest BCUT2D eigenvalue weighted by Crippen LogP contribution is 2.25. The van der Waals surface area contributed by atoms with E-state index in [2.05, 4.69) is 15.3 Å². The maximum atomic E-state index is 13.4. The van der Waals surface area contributed by atoms with Gasteiger partial charge in [-0.1, -0.05) is 18.2 Å². The zero-order valence-corrected chi connectivity index (χ0v) is 18.3. The second-order valence-electron chi connectivity index (χ2n) is 7.36.